The van der Waals surface area contributed by atoms with E-state index >= 15 is 0 Å². The van der Waals surface area contributed by atoms with Crippen molar-refractivity contribution in [3.63, 3.8) is 0 Å². The Labute approximate surface area is 114 Å². The molecular weight excluding hydrogens is 296 g/mol. The second kappa shape index (κ2) is 5.74. The van der Waals surface area contributed by atoms with Crippen LogP contribution in [0.5, 0.6) is 0 Å². The molecule has 2 nitrogen and oxygen atoms in total. The highest BCUT2D eigenvalue weighted by Crippen LogP contribution is 2.25. The molecular formula is C13H15BrN2S. The van der Waals surface area contributed by atoms with Crippen LogP contribution in [0.2, 0.25) is 0 Å². The molecule has 0 spiro atoms. The van der Waals surface area contributed by atoms with Gasteiger partial charge in [0.1, 0.15) is 0 Å². The second-order valence-corrected chi connectivity index (χ2v) is 5.85. The molecule has 0 aliphatic rings. The van der Waals surface area contributed by atoms with E-state index in [-0.39, 0.29) is 0 Å². The average Bonchev–Trinajstić information content (AvgIpc) is 2.30. The van der Waals surface area contributed by atoms with Gasteiger partial charge in [-0.1, -0.05) is 15.9 Å². The number of halogens is 1. The lowest BCUT2D eigenvalue weighted by molar-refractivity contribution is 0.916. The molecule has 0 radical (unpaired) electrons. The van der Waals surface area contributed by atoms with E-state index in [1.807, 2.05) is 36.2 Å². The molecule has 0 aliphatic carbocycles. The minimum Gasteiger partial charge on any atom is -0.381 e. The maximum absolute atomic E-state index is 4.37. The predicted molar refractivity (Wildman–Crippen MR) is 80.9 cm³/mol. The van der Waals surface area contributed by atoms with Crippen LogP contribution in [-0.2, 0) is 0 Å². The lowest BCUT2D eigenvalue weighted by Gasteiger charge is -2.15. The summed E-state index contributed by atoms with van der Waals surface area (Å²) in [7, 11) is 0. The molecule has 0 saturated heterocycles. The van der Waals surface area contributed by atoms with Gasteiger partial charge in [-0.3, -0.25) is 4.98 Å². The Morgan fingerprint density at radius 1 is 1.41 bits per heavy atom. The van der Waals surface area contributed by atoms with Gasteiger partial charge in [0.2, 0.25) is 0 Å². The van der Waals surface area contributed by atoms with Crippen LogP contribution in [0.4, 0.5) is 5.69 Å². The highest BCUT2D eigenvalue weighted by molar-refractivity contribution is 9.10. The third kappa shape index (κ3) is 3.13. The molecule has 2 rings (SSSR count). The van der Waals surface area contributed by atoms with Crippen molar-refractivity contribution in [1.82, 2.24) is 4.98 Å². The first kappa shape index (κ1) is 12.7. The van der Waals surface area contributed by atoms with Gasteiger partial charge < -0.3 is 5.32 Å². The molecule has 90 valence electrons. The van der Waals surface area contributed by atoms with Crippen LogP contribution in [0.15, 0.2) is 34.9 Å². The first-order valence-corrected chi connectivity index (χ1v) is 7.69. The topological polar surface area (TPSA) is 24.9 Å². The number of anilines is 1. The van der Waals surface area contributed by atoms with Crippen LogP contribution in [-0.4, -0.2) is 23.0 Å². The number of pyridine rings is 1. The van der Waals surface area contributed by atoms with Gasteiger partial charge in [-0.15, -0.1) is 0 Å². The summed E-state index contributed by atoms with van der Waals surface area (Å²) in [6.45, 7) is 2.20. The molecule has 0 aliphatic heterocycles. The molecule has 0 bridgehead atoms. The number of aromatic nitrogens is 1. The summed E-state index contributed by atoms with van der Waals surface area (Å²) in [5, 5.41) is 4.69. The molecule has 2 aromatic rings. The van der Waals surface area contributed by atoms with E-state index in [1.54, 1.807) is 0 Å². The monoisotopic (exact) mass is 310 g/mol. The zero-order chi connectivity index (χ0) is 12.3. The summed E-state index contributed by atoms with van der Waals surface area (Å²) in [4.78, 5) is 4.37. The summed E-state index contributed by atoms with van der Waals surface area (Å²) in [6.07, 6.45) is 3.98. The highest BCUT2D eigenvalue weighted by atomic mass is 79.9. The number of hydrogen-bond acceptors (Lipinski definition) is 3. The average molecular weight is 311 g/mol. The van der Waals surface area contributed by atoms with Crippen molar-refractivity contribution in [2.45, 2.75) is 13.0 Å². The second-order valence-electron chi connectivity index (χ2n) is 4.02. The molecule has 17 heavy (non-hydrogen) atoms. The minimum absolute atomic E-state index is 0.453. The Balaban J connectivity index is 2.36. The van der Waals surface area contributed by atoms with E-state index in [9.17, 15) is 0 Å². The van der Waals surface area contributed by atoms with Crippen LogP contribution >= 0.6 is 27.7 Å². The Bertz CT molecular complexity index is 516. The Hall–Kier alpha value is -0.740. The number of benzene rings is 1. The zero-order valence-corrected chi connectivity index (χ0v) is 12.3. The quantitative estimate of drug-likeness (QED) is 0.918. The fourth-order valence-electron chi connectivity index (χ4n) is 1.80. The van der Waals surface area contributed by atoms with Crippen molar-refractivity contribution in [2.24, 2.45) is 0 Å². The minimum atomic E-state index is 0.453. The molecule has 0 amide bonds. The number of nitrogens with zero attached hydrogens (tertiary/aromatic N) is 1. The lowest BCUT2D eigenvalue weighted by Crippen LogP contribution is -2.17. The molecule has 1 aromatic heterocycles. The molecule has 1 unspecified atom stereocenters. The first-order valence-electron chi connectivity index (χ1n) is 5.50. The summed E-state index contributed by atoms with van der Waals surface area (Å²) in [5.74, 6) is 1.10. The number of hydrogen-bond donors (Lipinski definition) is 1. The van der Waals surface area contributed by atoms with Gasteiger partial charge in [-0.05, 0) is 37.4 Å². The predicted octanol–water partition coefficient (Wildman–Crippen LogP) is 4.16. The van der Waals surface area contributed by atoms with E-state index in [4.69, 9.17) is 0 Å². The smallest absolute Gasteiger partial charge is 0.0723 e. The molecule has 0 fully saturated rings. The Kier molecular flexibility index (Phi) is 4.29. The molecule has 1 N–H and O–H groups in total. The third-order valence-corrected chi connectivity index (χ3v) is 3.85. The fourth-order valence-corrected chi connectivity index (χ4v) is 2.75. The standard InChI is InChI=1S/C13H15BrN2S/c1-9(8-17-2)16-13-5-6-15-12-4-3-10(14)7-11(12)13/h3-7,9H,8H2,1-2H3,(H,15,16). The van der Waals surface area contributed by atoms with Crippen LogP contribution in [0, 0.1) is 0 Å². The van der Waals surface area contributed by atoms with E-state index < -0.39 is 0 Å². The van der Waals surface area contributed by atoms with Crippen molar-refractivity contribution in [3.05, 3.63) is 34.9 Å². The SMILES string of the molecule is CSCC(C)Nc1ccnc2ccc(Br)cc12. The van der Waals surface area contributed by atoms with Gasteiger partial charge in [0.05, 0.1) is 5.52 Å². The van der Waals surface area contributed by atoms with Crippen molar-refractivity contribution >= 4 is 44.3 Å². The van der Waals surface area contributed by atoms with Crippen molar-refractivity contribution in [1.29, 1.82) is 0 Å². The van der Waals surface area contributed by atoms with Gasteiger partial charge in [0, 0.05) is 33.5 Å². The van der Waals surface area contributed by atoms with E-state index in [0.29, 0.717) is 6.04 Å². The lowest BCUT2D eigenvalue weighted by atomic mass is 10.2. The summed E-state index contributed by atoms with van der Waals surface area (Å²) in [6, 6.07) is 8.64. The maximum atomic E-state index is 4.37. The fraction of sp³-hybridized carbons (Fsp3) is 0.308. The third-order valence-electron chi connectivity index (χ3n) is 2.52. The molecule has 1 heterocycles. The van der Waals surface area contributed by atoms with Crippen molar-refractivity contribution < 1.29 is 0 Å². The number of nitrogens with one attached hydrogen (secondary N) is 1. The highest BCUT2D eigenvalue weighted by Gasteiger charge is 2.05. The van der Waals surface area contributed by atoms with Crippen LogP contribution < -0.4 is 5.32 Å². The first-order chi connectivity index (χ1) is 8.20. The van der Waals surface area contributed by atoms with Crippen LogP contribution in [0.1, 0.15) is 6.92 Å². The number of thioether (sulfide) groups is 1. The zero-order valence-electron chi connectivity index (χ0n) is 9.90. The largest absolute Gasteiger partial charge is 0.381 e. The normalized spacial score (nSPS) is 12.6. The molecule has 4 heteroatoms. The van der Waals surface area contributed by atoms with E-state index in [2.05, 4.69) is 45.5 Å². The maximum Gasteiger partial charge on any atom is 0.0723 e. The van der Waals surface area contributed by atoms with Crippen molar-refractivity contribution in [2.75, 3.05) is 17.3 Å². The van der Waals surface area contributed by atoms with Gasteiger partial charge >= 0.3 is 0 Å². The number of rotatable bonds is 4. The molecule has 1 atom stereocenters. The van der Waals surface area contributed by atoms with Crippen LogP contribution in [0.25, 0.3) is 10.9 Å². The molecule has 0 saturated carbocycles. The summed E-state index contributed by atoms with van der Waals surface area (Å²) >= 11 is 5.35. The molecule has 1 aromatic carbocycles. The Morgan fingerprint density at radius 2 is 2.24 bits per heavy atom. The van der Waals surface area contributed by atoms with E-state index in [1.165, 1.54) is 0 Å². The van der Waals surface area contributed by atoms with Crippen molar-refractivity contribution in [3.8, 4) is 0 Å². The van der Waals surface area contributed by atoms with Gasteiger partial charge in [-0.25, -0.2) is 0 Å². The van der Waals surface area contributed by atoms with Gasteiger partial charge in [-0.2, -0.15) is 11.8 Å². The van der Waals surface area contributed by atoms with E-state index in [0.717, 1.165) is 26.8 Å². The summed E-state index contributed by atoms with van der Waals surface area (Å²) < 4.78 is 1.08. The van der Waals surface area contributed by atoms with Gasteiger partial charge in [0.15, 0.2) is 0 Å². The van der Waals surface area contributed by atoms with Gasteiger partial charge in [0.25, 0.3) is 0 Å². The van der Waals surface area contributed by atoms with Crippen LogP contribution in [0.3, 0.4) is 0 Å². The summed E-state index contributed by atoms with van der Waals surface area (Å²) in [5.41, 5.74) is 2.17. The number of fused-ring (bicyclic) bond motifs is 1. The Morgan fingerprint density at radius 3 is 3.00 bits per heavy atom.